The van der Waals surface area contributed by atoms with Crippen LogP contribution in [0.3, 0.4) is 0 Å². The fraction of sp³-hybridized carbons (Fsp3) is 0.0690. The van der Waals surface area contributed by atoms with E-state index in [1.54, 1.807) is 18.3 Å². The maximum absolute atomic E-state index is 12.9. The molecule has 6 aromatic carbocycles. The number of carbonyl (C=O) groups excluding carboxylic acids is 2. The van der Waals surface area contributed by atoms with Crippen LogP contribution in [0.2, 0.25) is 0 Å². The van der Waals surface area contributed by atoms with Gasteiger partial charge in [-0.3, -0.25) is 19.7 Å². The third-order valence-corrected chi connectivity index (χ3v) is 11.9. The molecule has 0 radical (unpaired) electrons. The lowest BCUT2D eigenvalue weighted by atomic mass is 10.0. The van der Waals surface area contributed by atoms with Crippen molar-refractivity contribution in [2.24, 2.45) is 14.1 Å². The van der Waals surface area contributed by atoms with Crippen molar-refractivity contribution in [3.8, 4) is 0 Å². The number of aromatic amines is 2. The van der Waals surface area contributed by atoms with E-state index in [4.69, 9.17) is 5.73 Å². The van der Waals surface area contributed by atoms with E-state index in [0.717, 1.165) is 68.8 Å². The van der Waals surface area contributed by atoms with Gasteiger partial charge in [0.1, 0.15) is 14.1 Å². The van der Waals surface area contributed by atoms with Crippen molar-refractivity contribution in [2.45, 2.75) is 12.8 Å². The molecule has 0 spiro atoms. The van der Waals surface area contributed by atoms with Crippen molar-refractivity contribution in [2.75, 3.05) is 27.0 Å². The normalized spacial score (nSPS) is 10.8. The minimum Gasteiger partial charge on any atom is -0.399 e. The minimum absolute atomic E-state index is 0.0233. The highest BCUT2D eigenvalue weighted by Crippen LogP contribution is 2.29. The van der Waals surface area contributed by atoms with Gasteiger partial charge in [-0.2, -0.15) is 0 Å². The second kappa shape index (κ2) is 21.6. The number of benzene rings is 6. The number of fused-ring (bicyclic) bond motifs is 2. The fourth-order valence-electron chi connectivity index (χ4n) is 8.14. The number of nitro groups is 1. The molecule has 10 rings (SSSR count). The number of aryl methyl sites for hydroxylation is 2. The molecule has 14 heteroatoms. The van der Waals surface area contributed by atoms with Crippen LogP contribution in [0.25, 0.3) is 21.8 Å². The first kappa shape index (κ1) is 47.3. The van der Waals surface area contributed by atoms with Gasteiger partial charge >= 0.3 is 0 Å². The summed E-state index contributed by atoms with van der Waals surface area (Å²) >= 11 is 0. The van der Waals surface area contributed by atoms with Crippen molar-refractivity contribution in [3.05, 3.63) is 251 Å². The van der Waals surface area contributed by atoms with Crippen molar-refractivity contribution < 1.29 is 33.6 Å². The second-order valence-electron chi connectivity index (χ2n) is 17.4. The smallest absolute Gasteiger partial charge is 0.270 e. The Labute approximate surface area is 415 Å². The lowest BCUT2D eigenvalue weighted by molar-refractivity contribution is -0.671. The van der Waals surface area contributed by atoms with Crippen molar-refractivity contribution >= 4 is 79.1 Å². The molecule has 0 bridgehead atoms. The van der Waals surface area contributed by atoms with Crippen LogP contribution >= 0.6 is 0 Å². The number of nitro benzene ring substituents is 1. The van der Waals surface area contributed by atoms with Gasteiger partial charge in [-0.15, -0.1) is 0 Å². The number of non-ortho nitro benzene ring substituents is 1. The number of hydrogen-bond acceptors (Lipinski definition) is 7. The number of nitrogens with zero attached hydrogens (tertiary/aromatic N) is 3. The Hall–Kier alpha value is -9.82. The Bertz CT molecular complexity index is 3570. The van der Waals surface area contributed by atoms with E-state index in [0.29, 0.717) is 27.9 Å². The highest BCUT2D eigenvalue weighted by molar-refractivity contribution is 6.05. The van der Waals surface area contributed by atoms with Gasteiger partial charge in [0, 0.05) is 100 Å². The van der Waals surface area contributed by atoms with E-state index < -0.39 is 4.92 Å². The van der Waals surface area contributed by atoms with Crippen LogP contribution in [0, 0.1) is 10.1 Å². The third-order valence-electron chi connectivity index (χ3n) is 11.9. The molecule has 2 amide bonds. The molecule has 10 aromatic rings. The van der Waals surface area contributed by atoms with E-state index in [1.165, 1.54) is 23.3 Å². The maximum atomic E-state index is 12.9. The number of hydrogen-bond donors (Lipinski definition) is 5. The molecule has 0 atom stereocenters. The molecule has 8 N–H and O–H groups in total. The van der Waals surface area contributed by atoms with Crippen LogP contribution in [-0.4, -0.2) is 16.7 Å². The number of nitrogen functional groups attached to an aromatic ring is 1. The summed E-state index contributed by atoms with van der Waals surface area (Å²) in [5, 5.41) is 25.6. The second-order valence-corrected chi connectivity index (χ2v) is 17.4. The zero-order chi connectivity index (χ0) is 50.0. The minimum atomic E-state index is -0.412. The molecule has 0 aliphatic rings. The van der Waals surface area contributed by atoms with E-state index in [-0.39, 0.29) is 17.5 Å². The highest BCUT2D eigenvalue weighted by Gasteiger charge is 2.15. The number of pyridine rings is 4. The first-order valence-corrected chi connectivity index (χ1v) is 23.2. The molecule has 0 saturated heterocycles. The zero-order valence-corrected chi connectivity index (χ0v) is 39.6. The molecule has 354 valence electrons. The maximum Gasteiger partial charge on any atom is 0.270 e. The van der Waals surface area contributed by atoms with Crippen LogP contribution in [0.15, 0.2) is 207 Å². The Kier molecular flexibility index (Phi) is 14.2. The fourth-order valence-corrected chi connectivity index (χ4v) is 8.14. The van der Waals surface area contributed by atoms with Crippen molar-refractivity contribution in [1.82, 2.24) is 0 Å². The number of aromatic nitrogens is 4. The molecule has 72 heavy (non-hydrogen) atoms. The van der Waals surface area contributed by atoms with Gasteiger partial charge in [-0.05, 0) is 120 Å². The van der Waals surface area contributed by atoms with Gasteiger partial charge in [0.05, 0.1) is 27.1 Å². The van der Waals surface area contributed by atoms with Gasteiger partial charge in [0.25, 0.3) is 17.5 Å². The van der Waals surface area contributed by atoms with E-state index in [9.17, 15) is 19.7 Å². The molecule has 4 aromatic heterocycles. The predicted molar refractivity (Wildman–Crippen MR) is 281 cm³/mol. The molecule has 0 saturated carbocycles. The first-order valence-electron chi connectivity index (χ1n) is 23.2. The SMILES string of the molecule is C[n+]1ccc(Cc2cccc(C(=O)Nc3ccc(Nc4cc[nH+]c5ccc(N)cc45)cc3)c2)cc1.C[n+]1ccc(Cc2cccc(C(=O)Nc3ccc(Nc4cc[nH+]c5ccc([N+](=O)[O-])cc45)cc3)c2)cc1. The summed E-state index contributed by atoms with van der Waals surface area (Å²) < 4.78 is 3.99. The summed E-state index contributed by atoms with van der Waals surface area (Å²) in [6.45, 7) is 0. The standard InChI is InChI=1S/C29H23N5O3.C29H25N5O/c1-33-15-12-20(13-16-33)17-21-3-2-4-22(18-21)29(35)32-24-7-5-23(6-8-24)31-28-11-14-30-27-10-9-25(34(36)37)19-26(27)28;1-34-15-12-20(13-16-34)17-21-3-2-4-22(18-21)29(35)33-25-8-6-24(7-9-25)32-28-11-14-31-27-10-5-23(30)19-26(27)28/h2-16,18-19H,17H2,1H3,(H-,30,31,32,35);2-16,18-19H,17,30H2,1H3,(H-,31,32,33,35)/p+4. The molecule has 0 aliphatic heterocycles. The molecule has 14 nitrogen and oxygen atoms in total. The average Bonchev–Trinajstić information content (AvgIpc) is 3.39. The number of nitrogens with two attached hydrogens (primary N) is 1. The quantitative estimate of drug-likeness (QED) is 0.0329. The van der Waals surface area contributed by atoms with Crippen LogP contribution in [-0.2, 0) is 26.9 Å². The topological polar surface area (TPSA) is 187 Å². The van der Waals surface area contributed by atoms with E-state index in [1.807, 2.05) is 176 Å². The van der Waals surface area contributed by atoms with Crippen molar-refractivity contribution in [1.29, 1.82) is 0 Å². The van der Waals surface area contributed by atoms with Gasteiger partial charge in [0.15, 0.2) is 37.2 Å². The van der Waals surface area contributed by atoms with Crippen LogP contribution < -0.4 is 46.1 Å². The highest BCUT2D eigenvalue weighted by atomic mass is 16.6. The van der Waals surface area contributed by atoms with Crippen LogP contribution in [0.4, 0.5) is 45.5 Å². The number of amides is 2. The first-order chi connectivity index (χ1) is 35.0. The summed E-state index contributed by atoms with van der Waals surface area (Å²) in [4.78, 5) is 42.9. The number of anilines is 7. The van der Waals surface area contributed by atoms with Gasteiger partial charge in [-0.25, -0.2) is 19.1 Å². The summed E-state index contributed by atoms with van der Waals surface area (Å²) in [6.07, 6.45) is 13.3. The Morgan fingerprint density at radius 2 is 0.944 bits per heavy atom. The zero-order valence-electron chi connectivity index (χ0n) is 39.6. The Morgan fingerprint density at radius 3 is 1.40 bits per heavy atom. The van der Waals surface area contributed by atoms with Gasteiger partial charge < -0.3 is 27.0 Å². The number of rotatable bonds is 13. The molecule has 0 aliphatic carbocycles. The monoisotopic (exact) mass is 952 g/mol. The summed E-state index contributed by atoms with van der Waals surface area (Å²) in [7, 11) is 3.98. The van der Waals surface area contributed by atoms with Crippen LogP contribution in [0.5, 0.6) is 0 Å². The lowest BCUT2D eigenvalue weighted by Gasteiger charge is -2.10. The molecule has 0 fully saturated rings. The van der Waals surface area contributed by atoms with E-state index in [2.05, 4.69) is 55.5 Å². The largest absolute Gasteiger partial charge is 0.399 e. The molecular weight excluding hydrogens is 901 g/mol. The van der Waals surface area contributed by atoms with Gasteiger partial charge in [0.2, 0.25) is 11.0 Å². The molecular formula is C58H52N10O4+4. The van der Waals surface area contributed by atoms with Crippen LogP contribution in [0.1, 0.15) is 43.0 Å². The number of nitrogens with one attached hydrogen (secondary N) is 6. The molecule has 0 unspecified atom stereocenters. The summed E-state index contributed by atoms with van der Waals surface area (Å²) in [5.41, 5.74) is 19.0. The van der Waals surface area contributed by atoms with E-state index >= 15 is 0 Å². The van der Waals surface area contributed by atoms with Gasteiger partial charge in [-0.1, -0.05) is 24.3 Å². The summed E-state index contributed by atoms with van der Waals surface area (Å²) in [5.74, 6) is -0.314. The lowest BCUT2D eigenvalue weighted by Crippen LogP contribution is -2.25. The molecule has 4 heterocycles. The summed E-state index contributed by atoms with van der Waals surface area (Å²) in [6, 6.07) is 52.9. The number of H-pyrrole nitrogens is 2. The average molecular weight is 953 g/mol. The third kappa shape index (κ3) is 12.1. The Morgan fingerprint density at radius 1 is 0.514 bits per heavy atom. The van der Waals surface area contributed by atoms with Crippen molar-refractivity contribution in [3.63, 3.8) is 0 Å². The number of carbonyl (C=O) groups is 2. The Balaban J connectivity index is 0.000000178. The predicted octanol–water partition coefficient (Wildman–Crippen LogP) is 9.62.